The molecule has 0 amide bonds. The monoisotopic (exact) mass is 500 g/mol. The summed E-state index contributed by atoms with van der Waals surface area (Å²) in [7, 11) is 1.68. The van der Waals surface area contributed by atoms with Crippen LogP contribution in [0.4, 0.5) is 0 Å². The number of hydrogen-bond donors (Lipinski definition) is 0. The Morgan fingerprint density at radius 3 is 2.54 bits per heavy atom. The van der Waals surface area contributed by atoms with Crippen LogP contribution in [0.5, 0.6) is 23.0 Å². The van der Waals surface area contributed by atoms with Gasteiger partial charge in [-0.15, -0.1) is 0 Å². The zero-order valence-corrected chi connectivity index (χ0v) is 22.0. The zero-order valence-electron chi connectivity index (χ0n) is 22.0. The fourth-order valence-electron chi connectivity index (χ4n) is 5.01. The Labute approximate surface area is 219 Å². The SMILES string of the molecule is CCCCCCOc1ccc([C@H]2Oc3ccccc3[C@@H]3CC(c4ccc(OCC)cc4)=NN23)cc1OC. The number of unbranched alkanes of at least 4 members (excludes halogenated alkanes) is 3. The lowest BCUT2D eigenvalue weighted by atomic mass is 9.96. The normalized spacial score (nSPS) is 17.9. The Balaban J connectivity index is 1.42. The summed E-state index contributed by atoms with van der Waals surface area (Å²) in [5.41, 5.74) is 4.27. The van der Waals surface area contributed by atoms with Gasteiger partial charge in [0.1, 0.15) is 11.5 Å². The van der Waals surface area contributed by atoms with Gasteiger partial charge in [-0.1, -0.05) is 44.4 Å². The second-order valence-electron chi connectivity index (χ2n) is 9.43. The minimum absolute atomic E-state index is 0.0944. The van der Waals surface area contributed by atoms with Crippen LogP contribution in [0, 0.1) is 0 Å². The molecule has 0 aromatic heterocycles. The second-order valence-corrected chi connectivity index (χ2v) is 9.43. The van der Waals surface area contributed by atoms with E-state index in [9.17, 15) is 0 Å². The quantitative estimate of drug-likeness (QED) is 0.259. The molecule has 0 unspecified atom stereocenters. The predicted octanol–water partition coefficient (Wildman–Crippen LogP) is 7.30. The lowest BCUT2D eigenvalue weighted by molar-refractivity contribution is -0.0191. The van der Waals surface area contributed by atoms with E-state index in [2.05, 4.69) is 42.3 Å². The first-order chi connectivity index (χ1) is 18.2. The largest absolute Gasteiger partial charge is 0.494 e. The van der Waals surface area contributed by atoms with Gasteiger partial charge in [0.2, 0.25) is 6.23 Å². The van der Waals surface area contributed by atoms with Gasteiger partial charge in [-0.05, 0) is 67.4 Å². The smallest absolute Gasteiger partial charge is 0.214 e. The second kappa shape index (κ2) is 11.6. The predicted molar refractivity (Wildman–Crippen MR) is 146 cm³/mol. The van der Waals surface area contributed by atoms with Gasteiger partial charge in [0.15, 0.2) is 11.5 Å². The van der Waals surface area contributed by atoms with Crippen LogP contribution in [0.3, 0.4) is 0 Å². The van der Waals surface area contributed by atoms with E-state index in [1.807, 2.05) is 43.3 Å². The Hall–Kier alpha value is -3.67. The van der Waals surface area contributed by atoms with Gasteiger partial charge in [-0.3, -0.25) is 0 Å². The van der Waals surface area contributed by atoms with Gasteiger partial charge in [0, 0.05) is 17.5 Å². The molecule has 37 heavy (non-hydrogen) atoms. The van der Waals surface area contributed by atoms with E-state index < -0.39 is 0 Å². The standard InChI is InChI=1S/C31H36N2O4/c1-4-6-7-10-19-36-29-18-15-23(20-30(29)34-3)31-33-27(25-11-8-9-12-28(25)37-31)21-26(32-33)22-13-16-24(17-14-22)35-5-2/h8-9,11-18,20,27,31H,4-7,10,19,21H2,1-3H3/t27-,31+/m0/s1. The Kier molecular flexibility index (Phi) is 7.83. The van der Waals surface area contributed by atoms with Crippen molar-refractivity contribution in [2.45, 2.75) is 58.2 Å². The van der Waals surface area contributed by atoms with Gasteiger partial charge in [-0.2, -0.15) is 5.10 Å². The maximum absolute atomic E-state index is 6.53. The molecule has 2 atom stereocenters. The van der Waals surface area contributed by atoms with Crippen molar-refractivity contribution >= 4 is 5.71 Å². The van der Waals surface area contributed by atoms with E-state index >= 15 is 0 Å². The molecule has 0 radical (unpaired) electrons. The molecule has 0 saturated heterocycles. The van der Waals surface area contributed by atoms with Crippen LogP contribution in [0.1, 0.15) is 74.9 Å². The number of hydrogen-bond acceptors (Lipinski definition) is 6. The van der Waals surface area contributed by atoms with Crippen LogP contribution >= 0.6 is 0 Å². The number of hydrazone groups is 1. The van der Waals surface area contributed by atoms with Crippen molar-refractivity contribution in [3.05, 3.63) is 83.4 Å². The first kappa shape index (κ1) is 25.0. The summed E-state index contributed by atoms with van der Waals surface area (Å²) < 4.78 is 23.9. The van der Waals surface area contributed by atoms with E-state index in [0.717, 1.165) is 52.5 Å². The van der Waals surface area contributed by atoms with Crippen molar-refractivity contribution in [1.29, 1.82) is 0 Å². The molecule has 0 N–H and O–H groups in total. The van der Waals surface area contributed by atoms with E-state index in [0.29, 0.717) is 19.0 Å². The molecule has 3 aromatic carbocycles. The molecule has 194 valence electrons. The molecule has 0 saturated carbocycles. The highest BCUT2D eigenvalue weighted by molar-refractivity contribution is 6.02. The maximum atomic E-state index is 6.53. The third kappa shape index (κ3) is 5.38. The summed E-state index contributed by atoms with van der Waals surface area (Å²) >= 11 is 0. The zero-order chi connectivity index (χ0) is 25.6. The Morgan fingerprint density at radius 2 is 1.76 bits per heavy atom. The Bertz CT molecular complexity index is 1220. The molecule has 0 fully saturated rings. The van der Waals surface area contributed by atoms with E-state index in [1.54, 1.807) is 7.11 Å². The lowest BCUT2D eigenvalue weighted by Gasteiger charge is -2.38. The van der Waals surface area contributed by atoms with Gasteiger partial charge in [0.25, 0.3) is 0 Å². The fraction of sp³-hybridized carbons (Fsp3) is 0.387. The average Bonchev–Trinajstić information content (AvgIpc) is 3.39. The summed E-state index contributed by atoms with van der Waals surface area (Å²) in [5, 5.41) is 7.17. The van der Waals surface area contributed by atoms with Crippen LogP contribution in [-0.2, 0) is 0 Å². The summed E-state index contributed by atoms with van der Waals surface area (Å²) in [6, 6.07) is 22.6. The third-order valence-electron chi connectivity index (χ3n) is 6.93. The molecule has 5 rings (SSSR count). The minimum atomic E-state index is -0.368. The number of para-hydroxylation sites is 1. The molecule has 2 aliphatic rings. The van der Waals surface area contributed by atoms with Crippen LogP contribution in [-0.4, -0.2) is 31.0 Å². The van der Waals surface area contributed by atoms with Gasteiger partial charge in [-0.25, -0.2) is 5.01 Å². The minimum Gasteiger partial charge on any atom is -0.494 e. The topological polar surface area (TPSA) is 52.5 Å². The number of fused-ring (bicyclic) bond motifs is 3. The van der Waals surface area contributed by atoms with Crippen molar-refractivity contribution in [2.75, 3.05) is 20.3 Å². The number of nitrogens with zero attached hydrogens (tertiary/aromatic N) is 2. The highest BCUT2D eigenvalue weighted by Crippen LogP contribution is 2.48. The summed E-state index contributed by atoms with van der Waals surface area (Å²) in [6.45, 7) is 5.54. The van der Waals surface area contributed by atoms with Crippen LogP contribution in [0.15, 0.2) is 71.8 Å². The van der Waals surface area contributed by atoms with Crippen molar-refractivity contribution in [3.8, 4) is 23.0 Å². The maximum Gasteiger partial charge on any atom is 0.214 e. The fourth-order valence-corrected chi connectivity index (χ4v) is 5.01. The number of benzene rings is 3. The molecule has 0 aliphatic carbocycles. The van der Waals surface area contributed by atoms with Crippen LogP contribution in [0.25, 0.3) is 0 Å². The van der Waals surface area contributed by atoms with Crippen molar-refractivity contribution in [1.82, 2.24) is 5.01 Å². The van der Waals surface area contributed by atoms with Gasteiger partial charge in [0.05, 0.1) is 32.1 Å². The van der Waals surface area contributed by atoms with Gasteiger partial charge >= 0.3 is 0 Å². The molecule has 0 spiro atoms. The molecule has 6 nitrogen and oxygen atoms in total. The molecular formula is C31H36N2O4. The summed E-state index contributed by atoms with van der Waals surface area (Å²) in [5.74, 6) is 3.23. The van der Waals surface area contributed by atoms with Gasteiger partial charge < -0.3 is 18.9 Å². The van der Waals surface area contributed by atoms with Crippen LogP contribution < -0.4 is 18.9 Å². The molecule has 6 heteroatoms. The molecule has 0 bridgehead atoms. The average molecular weight is 501 g/mol. The lowest BCUT2D eigenvalue weighted by Crippen LogP contribution is -2.33. The van der Waals surface area contributed by atoms with Crippen molar-refractivity contribution in [2.24, 2.45) is 5.10 Å². The molecule has 2 heterocycles. The molecule has 3 aromatic rings. The van der Waals surface area contributed by atoms with Crippen molar-refractivity contribution < 1.29 is 18.9 Å². The number of ether oxygens (including phenoxy) is 4. The number of rotatable bonds is 11. The molecule has 2 aliphatic heterocycles. The Morgan fingerprint density at radius 1 is 0.919 bits per heavy atom. The number of methoxy groups -OCH3 is 1. The summed E-state index contributed by atoms with van der Waals surface area (Å²) in [4.78, 5) is 0. The van der Waals surface area contributed by atoms with E-state index in [4.69, 9.17) is 24.0 Å². The molecular weight excluding hydrogens is 464 g/mol. The first-order valence-corrected chi connectivity index (χ1v) is 13.4. The highest BCUT2D eigenvalue weighted by atomic mass is 16.5. The van der Waals surface area contributed by atoms with E-state index in [1.165, 1.54) is 19.3 Å². The van der Waals surface area contributed by atoms with Crippen LogP contribution in [0.2, 0.25) is 0 Å². The van der Waals surface area contributed by atoms with Crippen molar-refractivity contribution in [3.63, 3.8) is 0 Å². The summed E-state index contributed by atoms with van der Waals surface area (Å²) in [6.07, 6.45) is 5.10. The first-order valence-electron chi connectivity index (χ1n) is 13.4. The highest BCUT2D eigenvalue weighted by Gasteiger charge is 2.41. The van der Waals surface area contributed by atoms with E-state index in [-0.39, 0.29) is 12.3 Å². The third-order valence-corrected chi connectivity index (χ3v) is 6.93.